The molecular formula is C17H11NO8. The lowest BCUT2D eigenvalue weighted by Gasteiger charge is -2.05. The van der Waals surface area contributed by atoms with Gasteiger partial charge in [-0.05, 0) is 12.1 Å². The van der Waals surface area contributed by atoms with E-state index in [0.29, 0.717) is 5.56 Å². The normalized spacial score (nSPS) is 10.3. The molecule has 0 radical (unpaired) electrons. The van der Waals surface area contributed by atoms with Gasteiger partial charge in [0.25, 0.3) is 5.69 Å². The number of rotatable bonds is 5. The number of ether oxygens (including phenoxy) is 2. The summed E-state index contributed by atoms with van der Waals surface area (Å²) in [6.07, 6.45) is -1.07. The van der Waals surface area contributed by atoms with E-state index < -0.39 is 16.9 Å². The number of carbonyl (C=O) groups is 1. The minimum atomic E-state index is -1.07. The molecule has 0 saturated heterocycles. The van der Waals surface area contributed by atoms with Crippen LogP contribution in [0.5, 0.6) is 5.75 Å². The lowest BCUT2D eigenvalue weighted by molar-refractivity contribution is -0.384. The van der Waals surface area contributed by atoms with Crippen LogP contribution in [0.2, 0.25) is 0 Å². The minimum Gasteiger partial charge on any atom is -0.426 e. The Morgan fingerprint density at radius 2 is 1.73 bits per heavy atom. The Bertz CT molecular complexity index is 972. The van der Waals surface area contributed by atoms with Crippen molar-refractivity contribution in [3.05, 3.63) is 81.1 Å². The van der Waals surface area contributed by atoms with E-state index in [1.807, 2.05) is 0 Å². The van der Waals surface area contributed by atoms with Crippen LogP contribution in [-0.4, -0.2) is 11.1 Å². The smallest absolute Gasteiger partial charge is 0.426 e. The summed E-state index contributed by atoms with van der Waals surface area (Å²) in [4.78, 5) is 33.1. The summed E-state index contributed by atoms with van der Waals surface area (Å²) in [6, 6.07) is 13.6. The van der Waals surface area contributed by atoms with E-state index >= 15 is 0 Å². The minimum absolute atomic E-state index is 0.0295. The standard InChI is InChI=1S/C17H11NO8/c19-16(24-13-8-6-12(7-9-13)18(21)22)23-10-14-15(26-17(20)25-14)11-4-2-1-3-5-11/h1-9H,10H2. The molecule has 0 saturated carbocycles. The molecule has 1 heterocycles. The molecule has 0 N–H and O–H groups in total. The molecule has 9 nitrogen and oxygen atoms in total. The fourth-order valence-corrected chi connectivity index (χ4v) is 2.10. The van der Waals surface area contributed by atoms with Gasteiger partial charge in [-0.25, -0.2) is 9.59 Å². The average molecular weight is 357 g/mol. The highest BCUT2D eigenvalue weighted by atomic mass is 16.7. The highest BCUT2D eigenvalue weighted by molar-refractivity contribution is 5.64. The van der Waals surface area contributed by atoms with E-state index in [-0.39, 0.29) is 29.6 Å². The molecule has 2 aromatic carbocycles. The summed E-state index contributed by atoms with van der Waals surface area (Å²) in [6.45, 7) is -0.387. The molecule has 0 bridgehead atoms. The number of benzene rings is 2. The van der Waals surface area contributed by atoms with Crippen molar-refractivity contribution >= 4 is 11.8 Å². The maximum absolute atomic E-state index is 11.7. The fraction of sp³-hybridized carbons (Fsp3) is 0.0588. The van der Waals surface area contributed by atoms with Crippen LogP contribution in [0, 0.1) is 10.1 Å². The fourth-order valence-electron chi connectivity index (χ4n) is 2.10. The second-order valence-corrected chi connectivity index (χ2v) is 4.96. The number of nitro benzene ring substituents is 1. The van der Waals surface area contributed by atoms with E-state index in [0.717, 1.165) is 0 Å². The van der Waals surface area contributed by atoms with Crippen molar-refractivity contribution in [2.24, 2.45) is 0 Å². The Morgan fingerprint density at radius 1 is 1.04 bits per heavy atom. The Balaban J connectivity index is 1.65. The molecule has 0 spiro atoms. The second-order valence-electron chi connectivity index (χ2n) is 4.96. The first kappa shape index (κ1) is 17.0. The summed E-state index contributed by atoms with van der Waals surface area (Å²) in [5.41, 5.74) is 0.444. The van der Waals surface area contributed by atoms with Crippen molar-refractivity contribution < 1.29 is 28.0 Å². The van der Waals surface area contributed by atoms with Gasteiger partial charge in [-0.2, -0.15) is 0 Å². The van der Waals surface area contributed by atoms with Crippen molar-refractivity contribution in [2.45, 2.75) is 6.61 Å². The molecule has 0 aliphatic heterocycles. The first-order valence-electron chi connectivity index (χ1n) is 7.30. The Hall–Kier alpha value is -3.88. The van der Waals surface area contributed by atoms with Gasteiger partial charge in [0.1, 0.15) is 5.75 Å². The highest BCUT2D eigenvalue weighted by Gasteiger charge is 2.17. The van der Waals surface area contributed by atoms with Crippen molar-refractivity contribution in [1.29, 1.82) is 0 Å². The second kappa shape index (κ2) is 7.34. The van der Waals surface area contributed by atoms with Crippen LogP contribution in [-0.2, 0) is 11.3 Å². The first-order valence-corrected chi connectivity index (χ1v) is 7.30. The van der Waals surface area contributed by atoms with E-state index in [1.54, 1.807) is 30.3 Å². The van der Waals surface area contributed by atoms with E-state index in [1.165, 1.54) is 24.3 Å². The van der Waals surface area contributed by atoms with Gasteiger partial charge >= 0.3 is 12.0 Å². The Kier molecular flexibility index (Phi) is 4.79. The molecule has 0 atom stereocenters. The zero-order chi connectivity index (χ0) is 18.5. The third kappa shape index (κ3) is 3.96. The SMILES string of the molecule is O=C(OCc1oc(=O)oc1-c1ccccc1)Oc1ccc([N+](=O)[O-])cc1. The van der Waals surface area contributed by atoms with E-state index in [2.05, 4.69) is 0 Å². The highest BCUT2D eigenvalue weighted by Crippen LogP contribution is 2.23. The van der Waals surface area contributed by atoms with Crippen LogP contribution in [0.3, 0.4) is 0 Å². The zero-order valence-corrected chi connectivity index (χ0v) is 13.1. The first-order chi connectivity index (χ1) is 12.5. The van der Waals surface area contributed by atoms with E-state index in [4.69, 9.17) is 18.3 Å². The van der Waals surface area contributed by atoms with Gasteiger partial charge in [0.05, 0.1) is 4.92 Å². The van der Waals surface area contributed by atoms with Crippen LogP contribution in [0.4, 0.5) is 10.5 Å². The van der Waals surface area contributed by atoms with Gasteiger partial charge in [0, 0.05) is 17.7 Å². The molecule has 0 unspecified atom stereocenters. The molecule has 0 fully saturated rings. The van der Waals surface area contributed by atoms with Crippen molar-refractivity contribution in [3.63, 3.8) is 0 Å². The predicted molar refractivity (Wildman–Crippen MR) is 86.6 cm³/mol. The third-order valence-corrected chi connectivity index (χ3v) is 3.25. The van der Waals surface area contributed by atoms with Crippen molar-refractivity contribution in [2.75, 3.05) is 0 Å². The molecule has 132 valence electrons. The maximum atomic E-state index is 11.7. The van der Waals surface area contributed by atoms with Crippen molar-refractivity contribution in [1.82, 2.24) is 0 Å². The molecular weight excluding hydrogens is 346 g/mol. The zero-order valence-electron chi connectivity index (χ0n) is 13.1. The topological polar surface area (TPSA) is 122 Å². The lowest BCUT2D eigenvalue weighted by atomic mass is 10.1. The molecule has 3 rings (SSSR count). The summed E-state index contributed by atoms with van der Waals surface area (Å²) < 4.78 is 19.6. The summed E-state index contributed by atoms with van der Waals surface area (Å²) in [7, 11) is 0. The van der Waals surface area contributed by atoms with Gasteiger partial charge < -0.3 is 18.3 Å². The van der Waals surface area contributed by atoms with Gasteiger partial charge in [0.15, 0.2) is 18.1 Å². The monoisotopic (exact) mass is 357 g/mol. The molecule has 0 amide bonds. The van der Waals surface area contributed by atoms with Gasteiger partial charge in [-0.15, -0.1) is 0 Å². The maximum Gasteiger partial charge on any atom is 0.519 e. The van der Waals surface area contributed by atoms with Crippen LogP contribution >= 0.6 is 0 Å². The summed E-state index contributed by atoms with van der Waals surface area (Å²) in [5.74, 6) is -0.677. The number of non-ortho nitro benzene ring substituents is 1. The molecule has 1 aromatic heterocycles. The molecule has 0 aliphatic rings. The lowest BCUT2D eigenvalue weighted by Crippen LogP contribution is -2.10. The predicted octanol–water partition coefficient (Wildman–Crippen LogP) is 3.52. The van der Waals surface area contributed by atoms with Gasteiger partial charge in [-0.3, -0.25) is 10.1 Å². The third-order valence-electron chi connectivity index (χ3n) is 3.25. The van der Waals surface area contributed by atoms with E-state index in [9.17, 15) is 19.7 Å². The Morgan fingerprint density at radius 3 is 2.38 bits per heavy atom. The number of hydrogen-bond donors (Lipinski definition) is 0. The Labute approximate surface area is 145 Å². The largest absolute Gasteiger partial charge is 0.519 e. The number of carbonyl (C=O) groups excluding carboxylic acids is 1. The van der Waals surface area contributed by atoms with Crippen LogP contribution in [0.25, 0.3) is 11.3 Å². The molecule has 9 heteroatoms. The number of nitro groups is 1. The summed E-state index contributed by atoms with van der Waals surface area (Å²) >= 11 is 0. The molecule has 3 aromatic rings. The van der Waals surface area contributed by atoms with Gasteiger partial charge in [0.2, 0.25) is 0 Å². The van der Waals surface area contributed by atoms with Crippen LogP contribution in [0.15, 0.2) is 68.2 Å². The quantitative estimate of drug-likeness (QED) is 0.294. The number of nitrogens with zero attached hydrogens (tertiary/aromatic N) is 1. The summed E-state index contributed by atoms with van der Waals surface area (Å²) in [5, 5.41) is 10.6. The molecule has 26 heavy (non-hydrogen) atoms. The van der Waals surface area contributed by atoms with Gasteiger partial charge in [-0.1, -0.05) is 30.3 Å². The average Bonchev–Trinajstić information content (AvgIpc) is 3.02. The molecule has 0 aliphatic carbocycles. The van der Waals surface area contributed by atoms with Crippen LogP contribution in [0.1, 0.15) is 5.76 Å². The van der Waals surface area contributed by atoms with Crippen molar-refractivity contribution in [3.8, 4) is 17.1 Å². The number of hydrogen-bond acceptors (Lipinski definition) is 8. The van der Waals surface area contributed by atoms with Crippen LogP contribution < -0.4 is 10.6 Å².